The predicted molar refractivity (Wildman–Crippen MR) is 95.8 cm³/mol. The van der Waals surface area contributed by atoms with Crippen molar-refractivity contribution in [1.29, 1.82) is 0 Å². The number of nitrogens with zero attached hydrogens (tertiary/aromatic N) is 3. The van der Waals surface area contributed by atoms with Gasteiger partial charge in [0.1, 0.15) is 27.1 Å². The fourth-order valence-corrected chi connectivity index (χ4v) is 4.99. The number of thioether (sulfide) groups is 1. The van der Waals surface area contributed by atoms with Gasteiger partial charge in [-0.15, -0.1) is 33.3 Å². The number of allylic oxidation sites excluding steroid dienone is 1. The second kappa shape index (κ2) is 6.61. The standard InChI is InChI=1S/C14H14N4O3S3/c1-3-7-5-23-13-10(12(19)18(13)11(7)14(20)21)15-8(22)4-9-17-16-6(2)24-9/h3,10,13H,1,4-5H2,2H3,(H,15,22)(H,20,21)/t10-,13+/m1/s1. The summed E-state index contributed by atoms with van der Waals surface area (Å²) in [7, 11) is 0. The molecule has 1 fully saturated rings. The van der Waals surface area contributed by atoms with Gasteiger partial charge in [-0.05, 0) is 12.5 Å². The van der Waals surface area contributed by atoms with E-state index < -0.39 is 12.0 Å². The smallest absolute Gasteiger partial charge is 0.352 e. The van der Waals surface area contributed by atoms with Gasteiger partial charge in [-0.1, -0.05) is 24.9 Å². The van der Waals surface area contributed by atoms with Crippen LogP contribution in [0.1, 0.15) is 10.0 Å². The third-order valence-electron chi connectivity index (χ3n) is 3.64. The number of nitrogens with one attached hydrogen (secondary N) is 1. The summed E-state index contributed by atoms with van der Waals surface area (Å²) in [5, 5.41) is 21.7. The number of carbonyl (C=O) groups excluding carboxylic acids is 1. The lowest BCUT2D eigenvalue weighted by Crippen LogP contribution is -2.70. The molecule has 3 rings (SSSR count). The Bertz CT molecular complexity index is 773. The Morgan fingerprint density at radius 1 is 1.58 bits per heavy atom. The van der Waals surface area contributed by atoms with E-state index in [4.69, 9.17) is 12.2 Å². The second-order valence-electron chi connectivity index (χ2n) is 5.23. The number of carboxylic acids is 1. The number of aryl methyl sites for hydroxylation is 1. The van der Waals surface area contributed by atoms with Gasteiger partial charge in [0, 0.05) is 5.75 Å². The summed E-state index contributed by atoms with van der Waals surface area (Å²) in [4.78, 5) is 25.7. The number of rotatable bonds is 5. The number of amides is 1. The number of fused-ring (bicyclic) bond motifs is 1. The topological polar surface area (TPSA) is 95.4 Å². The zero-order valence-corrected chi connectivity index (χ0v) is 15.1. The number of carboxylic acid groups (broad SMARTS) is 1. The third kappa shape index (κ3) is 2.96. The molecule has 0 spiro atoms. The molecule has 24 heavy (non-hydrogen) atoms. The van der Waals surface area contributed by atoms with Crippen molar-refractivity contribution < 1.29 is 14.7 Å². The molecule has 0 unspecified atom stereocenters. The Labute approximate surface area is 151 Å². The predicted octanol–water partition coefficient (Wildman–Crippen LogP) is 1.11. The maximum absolute atomic E-state index is 12.4. The van der Waals surface area contributed by atoms with Crippen LogP contribution in [0.3, 0.4) is 0 Å². The summed E-state index contributed by atoms with van der Waals surface area (Å²) >= 11 is 8.25. The van der Waals surface area contributed by atoms with E-state index in [-0.39, 0.29) is 17.0 Å². The van der Waals surface area contributed by atoms with Crippen molar-refractivity contribution in [2.45, 2.75) is 24.8 Å². The molecule has 0 radical (unpaired) electrons. The van der Waals surface area contributed by atoms with Gasteiger partial charge in [0.2, 0.25) is 0 Å². The Kier molecular flexibility index (Phi) is 4.70. The van der Waals surface area contributed by atoms with Crippen molar-refractivity contribution in [3.8, 4) is 0 Å². The first-order chi connectivity index (χ1) is 11.4. The first-order valence-corrected chi connectivity index (χ1v) is 9.31. The van der Waals surface area contributed by atoms with E-state index in [1.54, 1.807) is 0 Å². The van der Waals surface area contributed by atoms with E-state index >= 15 is 0 Å². The van der Waals surface area contributed by atoms with Gasteiger partial charge in [0.25, 0.3) is 5.91 Å². The molecule has 126 valence electrons. The van der Waals surface area contributed by atoms with Crippen molar-refractivity contribution in [3.05, 3.63) is 33.9 Å². The molecule has 0 aliphatic carbocycles. The maximum Gasteiger partial charge on any atom is 0.352 e. The van der Waals surface area contributed by atoms with Gasteiger partial charge >= 0.3 is 5.97 Å². The minimum absolute atomic E-state index is 0.0162. The molecule has 0 saturated carbocycles. The highest BCUT2D eigenvalue weighted by Crippen LogP contribution is 2.40. The minimum Gasteiger partial charge on any atom is -0.477 e. The fourth-order valence-electron chi connectivity index (χ4n) is 2.57. The van der Waals surface area contributed by atoms with Crippen molar-refractivity contribution in [2.24, 2.45) is 0 Å². The monoisotopic (exact) mass is 382 g/mol. The number of hydrogen-bond donors (Lipinski definition) is 2. The summed E-state index contributed by atoms with van der Waals surface area (Å²) in [6, 6.07) is -0.516. The van der Waals surface area contributed by atoms with Gasteiger partial charge < -0.3 is 10.4 Å². The highest BCUT2D eigenvalue weighted by atomic mass is 32.2. The van der Waals surface area contributed by atoms with E-state index in [9.17, 15) is 14.7 Å². The van der Waals surface area contributed by atoms with Crippen LogP contribution in [0.5, 0.6) is 0 Å². The number of aliphatic carboxylic acids is 1. The van der Waals surface area contributed by atoms with E-state index in [2.05, 4.69) is 22.1 Å². The molecule has 3 heterocycles. The van der Waals surface area contributed by atoms with Crippen LogP contribution in [0, 0.1) is 6.92 Å². The van der Waals surface area contributed by atoms with E-state index in [0.717, 1.165) is 10.0 Å². The average molecular weight is 382 g/mol. The van der Waals surface area contributed by atoms with Crippen LogP contribution in [0.4, 0.5) is 0 Å². The summed E-state index contributed by atoms with van der Waals surface area (Å²) in [6.45, 7) is 5.48. The molecular formula is C14H14N4O3S3. The van der Waals surface area contributed by atoms with Gasteiger partial charge in [-0.2, -0.15) is 0 Å². The SMILES string of the molecule is C=CC1=C(C(=O)O)N2C(=O)[C@@H](NC(=S)Cc3nnc(C)s3)[C@@H]2SC1. The summed E-state index contributed by atoms with van der Waals surface area (Å²) in [5.41, 5.74) is 0.574. The quantitative estimate of drug-likeness (QED) is 0.578. The van der Waals surface area contributed by atoms with Crippen LogP contribution < -0.4 is 5.32 Å². The molecule has 2 aliphatic rings. The Hall–Kier alpha value is -1.78. The van der Waals surface area contributed by atoms with Crippen molar-refractivity contribution in [3.63, 3.8) is 0 Å². The molecule has 10 heteroatoms. The molecule has 1 amide bonds. The van der Waals surface area contributed by atoms with Crippen LogP contribution in [0.25, 0.3) is 0 Å². The molecule has 1 saturated heterocycles. The first kappa shape index (κ1) is 17.1. The highest BCUT2D eigenvalue weighted by Gasteiger charge is 2.53. The normalized spacial score (nSPS) is 22.7. The van der Waals surface area contributed by atoms with Crippen LogP contribution >= 0.6 is 35.3 Å². The van der Waals surface area contributed by atoms with Gasteiger partial charge in [-0.25, -0.2) is 4.79 Å². The Morgan fingerprint density at radius 2 is 2.33 bits per heavy atom. The lowest BCUT2D eigenvalue weighted by molar-refractivity contribution is -0.148. The third-order valence-corrected chi connectivity index (χ3v) is 6.05. The first-order valence-electron chi connectivity index (χ1n) is 7.04. The zero-order chi connectivity index (χ0) is 17.4. The summed E-state index contributed by atoms with van der Waals surface area (Å²) in [5.74, 6) is -0.909. The van der Waals surface area contributed by atoms with E-state index in [1.165, 1.54) is 34.1 Å². The molecule has 0 aromatic carbocycles. The average Bonchev–Trinajstić information content (AvgIpc) is 2.95. The number of hydrogen-bond acceptors (Lipinski definition) is 7. The molecule has 1 aromatic rings. The van der Waals surface area contributed by atoms with Crippen LogP contribution in [-0.2, 0) is 16.0 Å². The molecule has 0 bridgehead atoms. The maximum atomic E-state index is 12.4. The van der Waals surface area contributed by atoms with Gasteiger partial charge in [0.05, 0.1) is 11.4 Å². The Morgan fingerprint density at radius 3 is 2.92 bits per heavy atom. The van der Waals surface area contributed by atoms with Gasteiger partial charge in [-0.3, -0.25) is 9.69 Å². The van der Waals surface area contributed by atoms with Gasteiger partial charge in [0.15, 0.2) is 0 Å². The largest absolute Gasteiger partial charge is 0.477 e. The highest BCUT2D eigenvalue weighted by molar-refractivity contribution is 8.00. The van der Waals surface area contributed by atoms with Crippen LogP contribution in [0.2, 0.25) is 0 Å². The van der Waals surface area contributed by atoms with Crippen LogP contribution in [-0.4, -0.2) is 54.2 Å². The van der Waals surface area contributed by atoms with E-state index in [1.807, 2.05) is 6.92 Å². The van der Waals surface area contributed by atoms with Crippen LogP contribution in [0.15, 0.2) is 23.9 Å². The number of β-lactam (4-membered cyclic amide) rings is 1. The number of carbonyl (C=O) groups is 2. The molecule has 2 aliphatic heterocycles. The van der Waals surface area contributed by atoms with Crippen molar-refractivity contribution >= 4 is 52.2 Å². The second-order valence-corrected chi connectivity index (χ2v) is 8.09. The molecular weight excluding hydrogens is 368 g/mol. The summed E-state index contributed by atoms with van der Waals surface area (Å²) < 4.78 is 0. The number of aromatic nitrogens is 2. The van der Waals surface area contributed by atoms with Crippen molar-refractivity contribution in [1.82, 2.24) is 20.4 Å². The molecule has 7 nitrogen and oxygen atoms in total. The lowest BCUT2D eigenvalue weighted by atomic mass is 10.0. The molecule has 2 N–H and O–H groups in total. The minimum atomic E-state index is -1.12. The Balaban J connectivity index is 1.69. The van der Waals surface area contributed by atoms with E-state index in [0.29, 0.717) is 22.7 Å². The van der Waals surface area contributed by atoms with Crippen molar-refractivity contribution in [2.75, 3.05) is 5.75 Å². The molecule has 2 atom stereocenters. The fraction of sp³-hybridized carbons (Fsp3) is 0.357. The lowest BCUT2D eigenvalue weighted by Gasteiger charge is -2.49. The summed E-state index contributed by atoms with van der Waals surface area (Å²) in [6.07, 6.45) is 1.91. The zero-order valence-electron chi connectivity index (χ0n) is 12.7. The molecule has 1 aromatic heterocycles. The number of thiocarbonyl (C=S) groups is 1.